The number of rotatable bonds is 3. The fourth-order valence-corrected chi connectivity index (χ4v) is 2.16. The minimum absolute atomic E-state index is 0.232. The normalized spacial score (nSPS) is 11.2. The molecule has 0 spiro atoms. The second-order valence-electron chi connectivity index (χ2n) is 4.38. The summed E-state index contributed by atoms with van der Waals surface area (Å²) in [6, 6.07) is 6.40. The van der Waals surface area contributed by atoms with Crippen molar-refractivity contribution in [3.8, 4) is 0 Å². The number of benzene rings is 1. The molecule has 0 atom stereocenters. The van der Waals surface area contributed by atoms with Crippen LogP contribution in [0.3, 0.4) is 0 Å². The molecule has 0 aliphatic heterocycles. The van der Waals surface area contributed by atoms with Crippen molar-refractivity contribution in [2.75, 3.05) is 10.6 Å². The second-order valence-corrected chi connectivity index (χ2v) is 5.80. The van der Waals surface area contributed by atoms with E-state index in [0.717, 1.165) is 11.8 Å². The predicted octanol–water partition coefficient (Wildman–Crippen LogP) is 1.62. The van der Waals surface area contributed by atoms with E-state index in [2.05, 4.69) is 15.7 Å². The van der Waals surface area contributed by atoms with Crippen molar-refractivity contribution in [3.63, 3.8) is 0 Å². The van der Waals surface area contributed by atoms with Gasteiger partial charge in [-0.3, -0.25) is 14.6 Å². The Balaban J connectivity index is 2.09. The van der Waals surface area contributed by atoms with Crippen molar-refractivity contribution in [2.24, 2.45) is 7.05 Å². The van der Waals surface area contributed by atoms with E-state index in [0.29, 0.717) is 5.82 Å². The van der Waals surface area contributed by atoms with Crippen molar-refractivity contribution in [3.05, 3.63) is 36.0 Å². The second kappa shape index (κ2) is 5.54. The molecule has 3 N–H and O–H groups in total. The van der Waals surface area contributed by atoms with Crippen molar-refractivity contribution < 1.29 is 17.8 Å². The number of carbonyl (C=O) groups excluding carboxylic acids is 1. The molecule has 1 heterocycles. The summed E-state index contributed by atoms with van der Waals surface area (Å²) in [6.07, 6.45) is 0. The Kier molecular flexibility index (Phi) is 3.96. The van der Waals surface area contributed by atoms with E-state index in [1.54, 1.807) is 17.8 Å². The topological polar surface area (TPSA) is 113 Å². The number of nitrogens with zero attached hydrogens (tertiary/aromatic N) is 2. The third-order valence-electron chi connectivity index (χ3n) is 2.75. The van der Waals surface area contributed by atoms with E-state index in [1.807, 2.05) is 6.92 Å². The molecule has 0 fully saturated rings. The van der Waals surface area contributed by atoms with Gasteiger partial charge in [0.15, 0.2) is 5.82 Å². The van der Waals surface area contributed by atoms with Crippen LogP contribution in [0.1, 0.15) is 5.69 Å². The summed E-state index contributed by atoms with van der Waals surface area (Å²) >= 11 is 0. The fraction of sp³-hybridized carbons (Fsp3) is 0.167. The summed E-state index contributed by atoms with van der Waals surface area (Å²) in [7, 11) is -2.57. The van der Waals surface area contributed by atoms with Crippen LogP contribution in [0.2, 0.25) is 0 Å². The minimum atomic E-state index is -4.31. The number of aryl methyl sites for hydroxylation is 2. The molecule has 9 heteroatoms. The molecule has 0 unspecified atom stereocenters. The van der Waals surface area contributed by atoms with Crippen LogP contribution in [0.4, 0.5) is 16.3 Å². The zero-order valence-corrected chi connectivity index (χ0v) is 12.2. The van der Waals surface area contributed by atoms with E-state index in [9.17, 15) is 13.2 Å². The summed E-state index contributed by atoms with van der Waals surface area (Å²) in [6.45, 7) is 1.84. The molecule has 0 saturated carbocycles. The predicted molar refractivity (Wildman–Crippen MR) is 76.8 cm³/mol. The van der Waals surface area contributed by atoms with Gasteiger partial charge < -0.3 is 5.32 Å². The molecule has 0 aliphatic carbocycles. The average molecular weight is 310 g/mol. The quantitative estimate of drug-likeness (QED) is 0.745. The number of aromatic nitrogens is 2. The number of nitrogens with one attached hydrogen (secondary N) is 2. The zero-order valence-electron chi connectivity index (χ0n) is 11.4. The largest absolute Gasteiger partial charge is 0.324 e. The number of hydrogen-bond donors (Lipinski definition) is 3. The molecular formula is C12H14N4O4S. The molecule has 1 aromatic carbocycles. The van der Waals surface area contributed by atoms with E-state index < -0.39 is 16.1 Å². The highest BCUT2D eigenvalue weighted by Crippen LogP contribution is 2.15. The first kappa shape index (κ1) is 15.0. The Morgan fingerprint density at radius 1 is 1.29 bits per heavy atom. The van der Waals surface area contributed by atoms with Crippen molar-refractivity contribution in [1.29, 1.82) is 0 Å². The minimum Gasteiger partial charge on any atom is -0.308 e. The van der Waals surface area contributed by atoms with Crippen molar-refractivity contribution in [2.45, 2.75) is 11.8 Å². The highest BCUT2D eigenvalue weighted by atomic mass is 32.2. The van der Waals surface area contributed by atoms with Crippen molar-refractivity contribution >= 4 is 27.7 Å². The van der Waals surface area contributed by atoms with Gasteiger partial charge in [0.05, 0.1) is 4.90 Å². The van der Waals surface area contributed by atoms with Crippen LogP contribution in [0, 0.1) is 6.92 Å². The standard InChI is InChI=1S/C12H14N4O4S/c1-8-6-11(15-16(8)2)14-12(17)13-9-4-3-5-10(7-9)21(18,19)20/h3-7H,1-2H3,(H,18,19,20)(H2,13,14,15,17). The van der Waals surface area contributed by atoms with Gasteiger partial charge in [-0.15, -0.1) is 0 Å². The van der Waals surface area contributed by atoms with Gasteiger partial charge in [0.1, 0.15) is 0 Å². The van der Waals surface area contributed by atoms with Gasteiger partial charge in [0, 0.05) is 24.5 Å². The Labute approximate surface area is 121 Å². The smallest absolute Gasteiger partial charge is 0.308 e. The first-order chi connectivity index (χ1) is 9.75. The van der Waals surface area contributed by atoms with E-state index in [1.165, 1.54) is 18.2 Å². The molecular weight excluding hydrogens is 296 g/mol. The van der Waals surface area contributed by atoms with Gasteiger partial charge in [-0.2, -0.15) is 13.5 Å². The SMILES string of the molecule is Cc1cc(NC(=O)Nc2cccc(S(=O)(=O)O)c2)nn1C. The maximum atomic E-state index is 11.8. The summed E-state index contributed by atoms with van der Waals surface area (Å²) < 4.78 is 32.6. The molecule has 21 heavy (non-hydrogen) atoms. The Morgan fingerprint density at radius 2 is 2.00 bits per heavy atom. The van der Waals surface area contributed by atoms with E-state index in [4.69, 9.17) is 4.55 Å². The molecule has 8 nitrogen and oxygen atoms in total. The van der Waals surface area contributed by atoms with Crippen LogP contribution in [-0.4, -0.2) is 28.8 Å². The number of anilines is 2. The number of amides is 2. The number of hydrogen-bond acceptors (Lipinski definition) is 4. The van der Waals surface area contributed by atoms with Crippen molar-refractivity contribution in [1.82, 2.24) is 9.78 Å². The van der Waals surface area contributed by atoms with Gasteiger partial charge in [-0.05, 0) is 25.1 Å². The number of carbonyl (C=O) groups is 1. The van der Waals surface area contributed by atoms with Crippen LogP contribution < -0.4 is 10.6 Å². The molecule has 1 aromatic heterocycles. The average Bonchev–Trinajstić information content (AvgIpc) is 2.67. The fourth-order valence-electron chi connectivity index (χ4n) is 1.63. The van der Waals surface area contributed by atoms with Gasteiger partial charge in [0.25, 0.3) is 10.1 Å². The summed E-state index contributed by atoms with van der Waals surface area (Å²) in [5.74, 6) is 0.374. The van der Waals surface area contributed by atoms with Gasteiger partial charge in [-0.25, -0.2) is 4.79 Å². The monoisotopic (exact) mass is 310 g/mol. The molecule has 2 amide bonds. The third kappa shape index (κ3) is 3.80. The maximum Gasteiger partial charge on any atom is 0.324 e. The molecule has 2 aromatic rings. The van der Waals surface area contributed by atoms with Gasteiger partial charge in [0.2, 0.25) is 0 Å². The lowest BCUT2D eigenvalue weighted by Crippen LogP contribution is -2.20. The first-order valence-corrected chi connectivity index (χ1v) is 7.36. The Morgan fingerprint density at radius 3 is 2.57 bits per heavy atom. The van der Waals surface area contributed by atoms with E-state index >= 15 is 0 Å². The van der Waals surface area contributed by atoms with Crippen LogP contribution >= 0.6 is 0 Å². The lowest BCUT2D eigenvalue weighted by Gasteiger charge is -2.06. The molecule has 0 bridgehead atoms. The molecule has 0 saturated heterocycles. The molecule has 0 radical (unpaired) electrons. The zero-order chi connectivity index (χ0) is 15.6. The lowest BCUT2D eigenvalue weighted by molar-refractivity contribution is 0.262. The highest BCUT2D eigenvalue weighted by molar-refractivity contribution is 7.85. The van der Waals surface area contributed by atoms with Crippen LogP contribution in [0.5, 0.6) is 0 Å². The Bertz CT molecular complexity index is 763. The maximum absolute atomic E-state index is 11.8. The van der Waals surface area contributed by atoms with Crippen LogP contribution in [0.25, 0.3) is 0 Å². The van der Waals surface area contributed by atoms with Gasteiger partial charge >= 0.3 is 6.03 Å². The lowest BCUT2D eigenvalue weighted by atomic mass is 10.3. The summed E-state index contributed by atoms with van der Waals surface area (Å²) in [5, 5.41) is 9.03. The van der Waals surface area contributed by atoms with E-state index in [-0.39, 0.29) is 10.6 Å². The summed E-state index contributed by atoms with van der Waals surface area (Å²) in [5.41, 5.74) is 1.11. The third-order valence-corrected chi connectivity index (χ3v) is 3.59. The molecule has 112 valence electrons. The highest BCUT2D eigenvalue weighted by Gasteiger charge is 2.11. The molecule has 0 aliphatic rings. The first-order valence-electron chi connectivity index (χ1n) is 5.92. The Hall–Kier alpha value is -2.39. The summed E-state index contributed by atoms with van der Waals surface area (Å²) in [4.78, 5) is 11.5. The number of urea groups is 1. The van der Waals surface area contributed by atoms with Crippen LogP contribution in [0.15, 0.2) is 35.2 Å². The van der Waals surface area contributed by atoms with Crippen LogP contribution in [-0.2, 0) is 17.2 Å². The molecule has 2 rings (SSSR count). The van der Waals surface area contributed by atoms with Gasteiger partial charge in [-0.1, -0.05) is 6.07 Å².